The maximum Gasteiger partial charge on any atom is 0.573 e. The third-order valence-electron chi connectivity index (χ3n) is 3.50. The van der Waals surface area contributed by atoms with Gasteiger partial charge in [-0.3, -0.25) is 4.72 Å². The number of nitrogens with zero attached hydrogens (tertiary/aromatic N) is 2. The number of para-hydroxylation sites is 1. The number of anilines is 1. The van der Waals surface area contributed by atoms with Crippen molar-refractivity contribution in [2.45, 2.75) is 18.2 Å². The molecule has 0 aliphatic carbocycles. The number of hydrogen-bond donors (Lipinski definition) is 1. The minimum atomic E-state index is -4.82. The molecule has 0 atom stereocenters. The Balaban J connectivity index is 1.82. The van der Waals surface area contributed by atoms with Gasteiger partial charge in [0.15, 0.2) is 0 Å². The Bertz CT molecular complexity index is 1030. The number of sulfonamides is 1. The van der Waals surface area contributed by atoms with Crippen LogP contribution in [0.5, 0.6) is 5.75 Å². The summed E-state index contributed by atoms with van der Waals surface area (Å²) in [5, 5.41) is 4.20. The SMILES string of the molecule is Cc1nn(-c2ccccc2)cc1S(=O)(=O)Nc1ccc(OC(F)(F)F)cc1. The van der Waals surface area contributed by atoms with Crippen LogP contribution in [0.4, 0.5) is 18.9 Å². The Labute approximate surface area is 153 Å². The van der Waals surface area contributed by atoms with E-state index in [0.717, 1.165) is 12.1 Å². The van der Waals surface area contributed by atoms with Crippen molar-refractivity contribution in [3.05, 3.63) is 66.5 Å². The van der Waals surface area contributed by atoms with Gasteiger partial charge in [-0.15, -0.1) is 13.2 Å². The second-order valence-corrected chi connectivity index (χ2v) is 7.19. The topological polar surface area (TPSA) is 73.2 Å². The van der Waals surface area contributed by atoms with Gasteiger partial charge in [0.2, 0.25) is 0 Å². The van der Waals surface area contributed by atoms with Crippen LogP contribution < -0.4 is 9.46 Å². The summed E-state index contributed by atoms with van der Waals surface area (Å²) in [6, 6.07) is 13.4. The van der Waals surface area contributed by atoms with Crippen LogP contribution in [-0.4, -0.2) is 24.6 Å². The quantitative estimate of drug-likeness (QED) is 0.709. The lowest BCUT2D eigenvalue weighted by atomic mass is 10.3. The molecule has 1 aromatic heterocycles. The van der Waals surface area contributed by atoms with Crippen molar-refractivity contribution in [1.82, 2.24) is 9.78 Å². The number of aryl methyl sites for hydroxylation is 1. The van der Waals surface area contributed by atoms with Crippen LogP contribution in [0.15, 0.2) is 65.7 Å². The number of benzene rings is 2. The van der Waals surface area contributed by atoms with Crippen LogP contribution in [0.3, 0.4) is 0 Å². The lowest BCUT2D eigenvalue weighted by Gasteiger charge is -2.10. The molecule has 6 nitrogen and oxygen atoms in total. The summed E-state index contributed by atoms with van der Waals surface area (Å²) in [6.45, 7) is 1.55. The van der Waals surface area contributed by atoms with Crippen LogP contribution in [0.2, 0.25) is 0 Å². The molecule has 0 fully saturated rings. The lowest BCUT2D eigenvalue weighted by molar-refractivity contribution is -0.274. The van der Waals surface area contributed by atoms with Gasteiger partial charge in [0.1, 0.15) is 10.6 Å². The van der Waals surface area contributed by atoms with Crippen molar-refractivity contribution < 1.29 is 26.3 Å². The van der Waals surface area contributed by atoms with Gasteiger partial charge in [0, 0.05) is 5.69 Å². The first kappa shape index (κ1) is 18.8. The number of aromatic nitrogens is 2. The molecule has 0 saturated carbocycles. The molecule has 142 valence electrons. The molecule has 0 bridgehead atoms. The van der Waals surface area contributed by atoms with Crippen molar-refractivity contribution >= 4 is 15.7 Å². The fourth-order valence-corrected chi connectivity index (χ4v) is 3.58. The number of alkyl halides is 3. The average molecular weight is 397 g/mol. The van der Waals surface area contributed by atoms with Crippen molar-refractivity contribution in [3.63, 3.8) is 0 Å². The third-order valence-corrected chi connectivity index (χ3v) is 4.99. The summed E-state index contributed by atoms with van der Waals surface area (Å²) in [5.74, 6) is -0.446. The highest BCUT2D eigenvalue weighted by atomic mass is 32.2. The molecule has 0 saturated heterocycles. The molecular weight excluding hydrogens is 383 g/mol. The molecule has 0 unspecified atom stereocenters. The van der Waals surface area contributed by atoms with E-state index in [9.17, 15) is 21.6 Å². The monoisotopic (exact) mass is 397 g/mol. The van der Waals surface area contributed by atoms with Gasteiger partial charge in [-0.25, -0.2) is 13.1 Å². The zero-order chi connectivity index (χ0) is 19.7. The van der Waals surface area contributed by atoms with Gasteiger partial charge in [0.05, 0.1) is 17.6 Å². The highest BCUT2D eigenvalue weighted by Gasteiger charge is 2.31. The summed E-state index contributed by atoms with van der Waals surface area (Å²) in [6.07, 6.45) is -3.45. The fourth-order valence-electron chi connectivity index (χ4n) is 2.36. The Morgan fingerprint density at radius 2 is 1.67 bits per heavy atom. The third kappa shape index (κ3) is 4.59. The molecule has 3 aromatic rings. The molecule has 0 aliphatic heterocycles. The molecule has 1 heterocycles. The summed E-state index contributed by atoms with van der Waals surface area (Å²) >= 11 is 0. The Morgan fingerprint density at radius 3 is 2.26 bits per heavy atom. The molecule has 0 aliphatic rings. The fraction of sp³-hybridized carbons (Fsp3) is 0.118. The van der Waals surface area contributed by atoms with Gasteiger partial charge in [-0.1, -0.05) is 18.2 Å². The molecule has 27 heavy (non-hydrogen) atoms. The summed E-state index contributed by atoms with van der Waals surface area (Å²) in [4.78, 5) is -0.0398. The zero-order valence-electron chi connectivity index (χ0n) is 13.9. The van der Waals surface area contributed by atoms with E-state index in [0.29, 0.717) is 5.69 Å². The van der Waals surface area contributed by atoms with Crippen molar-refractivity contribution in [1.29, 1.82) is 0 Å². The second kappa shape index (κ2) is 6.95. The average Bonchev–Trinajstić information content (AvgIpc) is 2.99. The number of halogens is 3. The first-order chi connectivity index (χ1) is 12.6. The van der Waals surface area contributed by atoms with Gasteiger partial charge < -0.3 is 4.74 Å². The van der Waals surface area contributed by atoms with Crippen LogP contribution in [0.25, 0.3) is 5.69 Å². The Kier molecular flexibility index (Phi) is 4.83. The van der Waals surface area contributed by atoms with E-state index in [1.54, 1.807) is 31.2 Å². The van der Waals surface area contributed by atoms with Crippen molar-refractivity contribution in [2.75, 3.05) is 4.72 Å². The molecule has 3 rings (SSSR count). The number of nitrogens with one attached hydrogen (secondary N) is 1. The van der Waals surface area contributed by atoms with E-state index in [4.69, 9.17) is 0 Å². The molecule has 0 spiro atoms. The molecule has 0 amide bonds. The minimum absolute atomic E-state index is 0.0398. The summed E-state index contributed by atoms with van der Waals surface area (Å²) in [5.41, 5.74) is 1.07. The highest BCUT2D eigenvalue weighted by Crippen LogP contribution is 2.25. The standard InChI is InChI=1S/C17H14F3N3O3S/c1-12-16(11-23(21-12)14-5-3-2-4-6-14)27(24,25)22-13-7-9-15(10-8-13)26-17(18,19)20/h2-11,22H,1H3. The van der Waals surface area contributed by atoms with E-state index in [2.05, 4.69) is 14.6 Å². The second-order valence-electron chi connectivity index (χ2n) is 5.54. The minimum Gasteiger partial charge on any atom is -0.406 e. The van der Waals surface area contributed by atoms with E-state index in [1.165, 1.54) is 23.0 Å². The van der Waals surface area contributed by atoms with Gasteiger partial charge >= 0.3 is 6.36 Å². The molecule has 2 aromatic carbocycles. The highest BCUT2D eigenvalue weighted by molar-refractivity contribution is 7.92. The summed E-state index contributed by atoms with van der Waals surface area (Å²) in [7, 11) is -3.98. The van der Waals surface area contributed by atoms with E-state index in [-0.39, 0.29) is 16.3 Å². The van der Waals surface area contributed by atoms with E-state index in [1.807, 2.05) is 6.07 Å². The van der Waals surface area contributed by atoms with E-state index < -0.39 is 22.1 Å². The number of hydrogen-bond acceptors (Lipinski definition) is 4. The van der Waals surface area contributed by atoms with Gasteiger partial charge in [-0.05, 0) is 43.3 Å². The maximum atomic E-state index is 12.6. The number of rotatable bonds is 5. The van der Waals surface area contributed by atoms with Crippen LogP contribution in [0.1, 0.15) is 5.69 Å². The Hall–Kier alpha value is -3.01. The summed E-state index contributed by atoms with van der Waals surface area (Å²) < 4.78 is 69.2. The van der Waals surface area contributed by atoms with Gasteiger partial charge in [-0.2, -0.15) is 5.10 Å². The first-order valence-corrected chi connectivity index (χ1v) is 9.13. The Morgan fingerprint density at radius 1 is 1.04 bits per heavy atom. The normalized spacial score (nSPS) is 12.0. The van der Waals surface area contributed by atoms with Crippen LogP contribution >= 0.6 is 0 Å². The molecule has 1 N–H and O–H groups in total. The largest absolute Gasteiger partial charge is 0.573 e. The van der Waals surface area contributed by atoms with Crippen LogP contribution in [-0.2, 0) is 10.0 Å². The van der Waals surface area contributed by atoms with Gasteiger partial charge in [0.25, 0.3) is 10.0 Å². The smallest absolute Gasteiger partial charge is 0.406 e. The molecular formula is C17H14F3N3O3S. The first-order valence-electron chi connectivity index (χ1n) is 7.64. The molecule has 0 radical (unpaired) electrons. The van der Waals surface area contributed by atoms with Crippen molar-refractivity contribution in [2.24, 2.45) is 0 Å². The zero-order valence-corrected chi connectivity index (χ0v) is 14.8. The van der Waals surface area contributed by atoms with Crippen LogP contribution in [0, 0.1) is 6.92 Å². The van der Waals surface area contributed by atoms with E-state index >= 15 is 0 Å². The van der Waals surface area contributed by atoms with Crippen molar-refractivity contribution in [3.8, 4) is 11.4 Å². The predicted octanol–water partition coefficient (Wildman–Crippen LogP) is 3.88. The predicted molar refractivity (Wildman–Crippen MR) is 92.2 cm³/mol. The number of ether oxygens (including phenoxy) is 1. The molecule has 10 heteroatoms. The lowest BCUT2D eigenvalue weighted by Crippen LogP contribution is -2.17. The maximum absolute atomic E-state index is 12.6.